The normalized spacial score (nSPS) is 12.0. The van der Waals surface area contributed by atoms with Crippen molar-refractivity contribution in [2.75, 3.05) is 19.1 Å². The maximum absolute atomic E-state index is 14.6. The van der Waals surface area contributed by atoms with Crippen molar-refractivity contribution in [1.82, 2.24) is 0 Å². The zero-order valence-electron chi connectivity index (χ0n) is 20.9. The molecule has 0 heterocycles. The van der Waals surface area contributed by atoms with Crippen molar-refractivity contribution >= 4 is 49.2 Å². The molecule has 3 rings (SSSR count). The zero-order valence-corrected chi connectivity index (χ0v) is 24.1. The summed E-state index contributed by atoms with van der Waals surface area (Å²) in [7, 11) is 2.66. The number of ether oxygens (including phenoxy) is 1. The van der Waals surface area contributed by atoms with Crippen molar-refractivity contribution in [3.05, 3.63) is 91.4 Å². The van der Waals surface area contributed by atoms with Crippen LogP contribution in [0.3, 0.4) is 0 Å². The minimum Gasteiger partial charge on any atom is -0.494 e. The first-order chi connectivity index (χ1) is 19.0. The number of Topliss-reactive ketones (excluding diaryl/α,β-unsaturated/α-hetero) is 1. The highest BCUT2D eigenvalue weighted by atomic mass is 79.9. The van der Waals surface area contributed by atoms with E-state index in [2.05, 4.69) is 31.9 Å². The smallest absolute Gasteiger partial charge is 0.435 e. The van der Waals surface area contributed by atoms with E-state index in [1.807, 2.05) is 6.07 Å². The van der Waals surface area contributed by atoms with E-state index in [9.17, 15) is 40.3 Å². The summed E-state index contributed by atoms with van der Waals surface area (Å²) in [4.78, 5) is 27.5. The van der Waals surface area contributed by atoms with Crippen LogP contribution in [-0.4, -0.2) is 38.2 Å². The molecule has 0 atom stereocenters. The lowest BCUT2D eigenvalue weighted by Crippen LogP contribution is -2.50. The number of nitriles is 1. The molecule has 0 saturated carbocycles. The standard InChI is InChI=1S/C27H17Br2F7N2O3/c1-38(24(40)15-8-6-14(13-37)7-9-15)21-5-3-4-17(23(21)41-2)22(39)12-18-19(28)10-16(11-20(18)29)25(30,26(31,32)33)27(34,35)36/h3-11H,12H2,1-2H3. The van der Waals surface area contributed by atoms with Gasteiger partial charge in [-0.1, -0.05) is 37.9 Å². The molecule has 0 saturated heterocycles. The molecule has 3 aromatic rings. The molecule has 41 heavy (non-hydrogen) atoms. The molecule has 3 aromatic carbocycles. The summed E-state index contributed by atoms with van der Waals surface area (Å²) in [5, 5.41) is 8.95. The molecule has 5 nitrogen and oxygen atoms in total. The molecule has 0 fully saturated rings. The minimum atomic E-state index is -6.31. The van der Waals surface area contributed by atoms with E-state index in [1.165, 1.54) is 61.5 Å². The number of rotatable bonds is 7. The number of alkyl halides is 7. The number of anilines is 1. The van der Waals surface area contributed by atoms with Crippen molar-refractivity contribution in [3.8, 4) is 11.8 Å². The molecule has 216 valence electrons. The van der Waals surface area contributed by atoms with Crippen LogP contribution in [-0.2, 0) is 12.1 Å². The van der Waals surface area contributed by atoms with E-state index in [0.29, 0.717) is 17.7 Å². The molecule has 14 heteroatoms. The van der Waals surface area contributed by atoms with Gasteiger partial charge in [0, 0.05) is 33.5 Å². The van der Waals surface area contributed by atoms with Gasteiger partial charge in [-0.25, -0.2) is 4.39 Å². The fourth-order valence-electron chi connectivity index (χ4n) is 3.93. The molecule has 0 aliphatic carbocycles. The molecule has 0 spiro atoms. The van der Waals surface area contributed by atoms with Gasteiger partial charge in [0.15, 0.2) is 11.5 Å². The predicted molar refractivity (Wildman–Crippen MR) is 142 cm³/mol. The SMILES string of the molecule is COc1c(C(=O)Cc2c(Br)cc(C(F)(C(F)(F)F)C(F)(F)F)cc2Br)cccc1N(C)C(=O)c1ccc(C#N)cc1. The van der Waals surface area contributed by atoms with Gasteiger partial charge < -0.3 is 9.64 Å². The summed E-state index contributed by atoms with van der Waals surface area (Å²) in [6.07, 6.45) is -13.2. The summed E-state index contributed by atoms with van der Waals surface area (Å²) in [6.45, 7) is 0. The Labute approximate surface area is 245 Å². The lowest BCUT2D eigenvalue weighted by Gasteiger charge is -2.31. The number of carbonyl (C=O) groups is 2. The van der Waals surface area contributed by atoms with E-state index in [1.54, 1.807) is 0 Å². The monoisotopic (exact) mass is 708 g/mol. The quantitative estimate of drug-likeness (QED) is 0.184. The maximum Gasteiger partial charge on any atom is 0.435 e. The van der Waals surface area contributed by atoms with Crippen LogP contribution in [0.15, 0.2) is 63.5 Å². The number of methoxy groups -OCH3 is 1. The summed E-state index contributed by atoms with van der Waals surface area (Å²) in [5.74, 6) is -1.19. The summed E-state index contributed by atoms with van der Waals surface area (Å²) >= 11 is 5.73. The largest absolute Gasteiger partial charge is 0.494 e. The van der Waals surface area contributed by atoms with Crippen LogP contribution >= 0.6 is 31.9 Å². The zero-order chi connectivity index (χ0) is 30.9. The van der Waals surface area contributed by atoms with E-state index in [0.717, 1.165) is 0 Å². The van der Waals surface area contributed by atoms with E-state index < -0.39 is 41.7 Å². The number of benzene rings is 3. The number of ketones is 1. The summed E-state index contributed by atoms with van der Waals surface area (Å²) in [5.41, 5.74) is -6.72. The highest BCUT2D eigenvalue weighted by Crippen LogP contribution is 2.54. The van der Waals surface area contributed by atoms with Gasteiger partial charge in [-0.2, -0.15) is 31.6 Å². The number of halogens is 9. The van der Waals surface area contributed by atoms with Gasteiger partial charge in [0.25, 0.3) is 5.91 Å². The molecule has 0 N–H and O–H groups in total. The number of para-hydroxylation sites is 1. The summed E-state index contributed by atoms with van der Waals surface area (Å²) < 4.78 is 98.6. The molecule has 0 unspecified atom stereocenters. The molecule has 0 radical (unpaired) electrons. The Morgan fingerprint density at radius 1 is 0.927 bits per heavy atom. The van der Waals surface area contributed by atoms with Gasteiger partial charge in [0.05, 0.1) is 30.0 Å². The minimum absolute atomic E-state index is 0.0252. The van der Waals surface area contributed by atoms with Crippen molar-refractivity contribution in [2.24, 2.45) is 0 Å². The predicted octanol–water partition coefficient (Wildman–Crippen LogP) is 8.08. The van der Waals surface area contributed by atoms with Gasteiger partial charge in [0.2, 0.25) is 0 Å². The lowest BCUT2D eigenvalue weighted by atomic mass is 9.92. The van der Waals surface area contributed by atoms with E-state index in [4.69, 9.17) is 10.00 Å². The van der Waals surface area contributed by atoms with Crippen molar-refractivity contribution in [3.63, 3.8) is 0 Å². The van der Waals surface area contributed by atoms with Crippen molar-refractivity contribution in [2.45, 2.75) is 24.4 Å². The third-order valence-corrected chi connectivity index (χ3v) is 7.50. The fraction of sp³-hybridized carbons (Fsp3) is 0.222. The van der Waals surface area contributed by atoms with Gasteiger partial charge in [-0.3, -0.25) is 9.59 Å². The average Bonchev–Trinajstić information content (AvgIpc) is 2.91. The Morgan fingerprint density at radius 2 is 1.46 bits per heavy atom. The molecule has 0 bridgehead atoms. The third kappa shape index (κ3) is 6.11. The van der Waals surface area contributed by atoms with Crippen LogP contribution < -0.4 is 9.64 Å². The first kappa shape index (κ1) is 32.1. The number of carbonyl (C=O) groups excluding carboxylic acids is 2. The number of amides is 1. The maximum atomic E-state index is 14.6. The number of hydrogen-bond acceptors (Lipinski definition) is 4. The Balaban J connectivity index is 1.98. The highest BCUT2D eigenvalue weighted by molar-refractivity contribution is 9.11. The van der Waals surface area contributed by atoms with E-state index >= 15 is 0 Å². The van der Waals surface area contributed by atoms with Crippen LogP contribution in [0.4, 0.5) is 36.4 Å². The second-order valence-electron chi connectivity index (χ2n) is 8.58. The Kier molecular flexibility index (Phi) is 9.24. The fourth-order valence-corrected chi connectivity index (χ4v) is 5.39. The molecule has 0 aliphatic rings. The lowest BCUT2D eigenvalue weighted by molar-refractivity contribution is -0.348. The first-order valence-corrected chi connectivity index (χ1v) is 12.9. The molecule has 0 aromatic heterocycles. The highest BCUT2D eigenvalue weighted by Gasteiger charge is 2.73. The Bertz CT molecular complexity index is 1490. The average molecular weight is 710 g/mol. The van der Waals surface area contributed by atoms with E-state index in [-0.39, 0.29) is 37.1 Å². The topological polar surface area (TPSA) is 70.4 Å². The second-order valence-corrected chi connectivity index (χ2v) is 10.3. The first-order valence-electron chi connectivity index (χ1n) is 11.3. The Hall–Kier alpha value is -3.44. The van der Waals surface area contributed by atoms with Crippen LogP contribution in [0.1, 0.15) is 37.4 Å². The third-order valence-electron chi connectivity index (χ3n) is 6.08. The summed E-state index contributed by atoms with van der Waals surface area (Å²) in [6, 6.07) is 12.7. The van der Waals surface area contributed by atoms with Crippen molar-refractivity contribution < 1.29 is 45.1 Å². The van der Waals surface area contributed by atoms with Crippen LogP contribution in [0.25, 0.3) is 0 Å². The molecule has 0 aliphatic heterocycles. The molecular formula is C27H17Br2F7N2O3. The second kappa shape index (κ2) is 11.8. The van der Waals surface area contributed by atoms with Crippen LogP contribution in [0.5, 0.6) is 5.75 Å². The van der Waals surface area contributed by atoms with Gasteiger partial charge in [0.1, 0.15) is 0 Å². The Morgan fingerprint density at radius 3 is 1.93 bits per heavy atom. The molecule has 1 amide bonds. The molecular weight excluding hydrogens is 693 g/mol. The van der Waals surface area contributed by atoms with Gasteiger partial charge in [-0.15, -0.1) is 0 Å². The van der Waals surface area contributed by atoms with Crippen LogP contribution in [0, 0.1) is 11.3 Å². The van der Waals surface area contributed by atoms with Crippen LogP contribution in [0.2, 0.25) is 0 Å². The number of nitrogens with zero attached hydrogens (tertiary/aromatic N) is 2. The number of hydrogen-bond donors (Lipinski definition) is 0. The van der Waals surface area contributed by atoms with Gasteiger partial charge in [-0.05, 0) is 54.1 Å². The van der Waals surface area contributed by atoms with Crippen molar-refractivity contribution in [1.29, 1.82) is 5.26 Å². The van der Waals surface area contributed by atoms with Gasteiger partial charge >= 0.3 is 18.0 Å².